The van der Waals surface area contributed by atoms with E-state index in [1.165, 1.54) is 4.88 Å². The van der Waals surface area contributed by atoms with Crippen molar-refractivity contribution in [3.8, 4) is 0 Å². The van der Waals surface area contributed by atoms with Crippen LogP contribution in [0.1, 0.15) is 46.9 Å². The SMILES string of the molecule is CCN1CCc2nc(NC(=O)c3ccn(C4CCCNC4)n3)sc2C1.Cl. The fourth-order valence-corrected chi connectivity index (χ4v) is 4.50. The van der Waals surface area contributed by atoms with E-state index in [0.717, 1.165) is 57.7 Å². The van der Waals surface area contributed by atoms with Crippen LogP contribution in [-0.2, 0) is 13.0 Å². The van der Waals surface area contributed by atoms with Gasteiger partial charge in [-0.25, -0.2) is 4.98 Å². The van der Waals surface area contributed by atoms with Gasteiger partial charge in [0.2, 0.25) is 0 Å². The van der Waals surface area contributed by atoms with E-state index in [4.69, 9.17) is 0 Å². The Labute approximate surface area is 163 Å². The first-order valence-corrected chi connectivity index (χ1v) is 9.82. The van der Waals surface area contributed by atoms with E-state index >= 15 is 0 Å². The van der Waals surface area contributed by atoms with Crippen LogP contribution in [0.25, 0.3) is 0 Å². The Morgan fingerprint density at radius 1 is 1.50 bits per heavy atom. The molecule has 26 heavy (non-hydrogen) atoms. The lowest BCUT2D eigenvalue weighted by Gasteiger charge is -2.23. The number of hydrogen-bond acceptors (Lipinski definition) is 6. The van der Waals surface area contributed by atoms with E-state index in [-0.39, 0.29) is 18.3 Å². The zero-order valence-corrected chi connectivity index (χ0v) is 16.5. The van der Waals surface area contributed by atoms with Crippen LogP contribution >= 0.6 is 23.7 Å². The predicted octanol–water partition coefficient (Wildman–Crippen LogP) is 2.32. The van der Waals surface area contributed by atoms with Gasteiger partial charge in [-0.15, -0.1) is 23.7 Å². The first-order valence-electron chi connectivity index (χ1n) is 9.01. The van der Waals surface area contributed by atoms with Crippen molar-refractivity contribution in [2.75, 3.05) is 31.5 Å². The molecule has 7 nitrogen and oxygen atoms in total. The molecule has 4 rings (SSSR count). The minimum atomic E-state index is -0.180. The molecular weight excluding hydrogens is 372 g/mol. The Morgan fingerprint density at radius 2 is 2.38 bits per heavy atom. The summed E-state index contributed by atoms with van der Waals surface area (Å²) in [7, 11) is 0. The zero-order valence-electron chi connectivity index (χ0n) is 14.9. The summed E-state index contributed by atoms with van der Waals surface area (Å²) in [5, 5.41) is 11.4. The summed E-state index contributed by atoms with van der Waals surface area (Å²) in [6.07, 6.45) is 5.10. The number of carbonyl (C=O) groups excluding carboxylic acids is 1. The van der Waals surface area contributed by atoms with Crippen LogP contribution < -0.4 is 10.6 Å². The number of nitrogens with zero attached hydrogens (tertiary/aromatic N) is 4. The molecule has 2 aromatic rings. The summed E-state index contributed by atoms with van der Waals surface area (Å²) < 4.78 is 1.91. The number of halogens is 1. The molecule has 1 saturated heterocycles. The third-order valence-corrected chi connectivity index (χ3v) is 5.96. The van der Waals surface area contributed by atoms with E-state index in [1.54, 1.807) is 17.4 Å². The fourth-order valence-electron chi connectivity index (χ4n) is 3.45. The summed E-state index contributed by atoms with van der Waals surface area (Å²) in [5.74, 6) is -0.180. The molecule has 1 amide bonds. The van der Waals surface area contributed by atoms with Gasteiger partial charge in [-0.1, -0.05) is 6.92 Å². The molecule has 2 N–H and O–H groups in total. The highest BCUT2D eigenvalue weighted by Gasteiger charge is 2.22. The Bertz CT molecular complexity index is 754. The van der Waals surface area contributed by atoms with Gasteiger partial charge in [0, 0.05) is 37.1 Å². The van der Waals surface area contributed by atoms with Gasteiger partial charge < -0.3 is 5.32 Å². The Hall–Kier alpha value is -1.48. The number of carbonyl (C=O) groups is 1. The molecule has 0 radical (unpaired) electrons. The highest BCUT2D eigenvalue weighted by molar-refractivity contribution is 7.15. The van der Waals surface area contributed by atoms with Crippen LogP contribution in [0.3, 0.4) is 0 Å². The summed E-state index contributed by atoms with van der Waals surface area (Å²) >= 11 is 1.58. The number of anilines is 1. The average Bonchev–Trinajstić information content (AvgIpc) is 3.28. The third kappa shape index (κ3) is 4.09. The van der Waals surface area contributed by atoms with Crippen molar-refractivity contribution in [2.45, 2.75) is 38.8 Å². The fraction of sp³-hybridized carbons (Fsp3) is 0.588. The molecule has 2 aromatic heterocycles. The maximum Gasteiger partial charge on any atom is 0.277 e. The molecular formula is C17H25ClN6OS. The molecule has 9 heteroatoms. The molecule has 0 saturated carbocycles. The van der Waals surface area contributed by atoms with Crippen molar-refractivity contribution in [1.29, 1.82) is 0 Å². The van der Waals surface area contributed by atoms with Crippen molar-refractivity contribution in [3.63, 3.8) is 0 Å². The Balaban J connectivity index is 0.00000196. The van der Waals surface area contributed by atoms with Gasteiger partial charge in [0.25, 0.3) is 5.91 Å². The summed E-state index contributed by atoms with van der Waals surface area (Å²) in [6, 6.07) is 2.12. The average molecular weight is 397 g/mol. The molecule has 0 aromatic carbocycles. The van der Waals surface area contributed by atoms with Crippen LogP contribution in [0.4, 0.5) is 5.13 Å². The molecule has 1 atom stereocenters. The number of hydrogen-bond donors (Lipinski definition) is 2. The number of thiazole rings is 1. The van der Waals surface area contributed by atoms with Gasteiger partial charge in [-0.2, -0.15) is 5.10 Å². The lowest BCUT2D eigenvalue weighted by Crippen LogP contribution is -2.32. The largest absolute Gasteiger partial charge is 0.315 e. The van der Waals surface area contributed by atoms with Gasteiger partial charge in [-0.05, 0) is 32.0 Å². The van der Waals surface area contributed by atoms with Gasteiger partial charge in [0.15, 0.2) is 10.8 Å². The number of piperidine rings is 1. The van der Waals surface area contributed by atoms with Crippen LogP contribution in [0, 0.1) is 0 Å². The number of amides is 1. The number of rotatable bonds is 4. The normalized spacial score (nSPS) is 20.3. The highest BCUT2D eigenvalue weighted by atomic mass is 35.5. The molecule has 2 aliphatic rings. The van der Waals surface area contributed by atoms with Crippen molar-refractivity contribution < 1.29 is 4.79 Å². The molecule has 2 aliphatic heterocycles. The smallest absolute Gasteiger partial charge is 0.277 e. The van der Waals surface area contributed by atoms with E-state index in [1.807, 2.05) is 10.9 Å². The maximum atomic E-state index is 12.5. The standard InChI is InChI=1S/C17H24N6OS.ClH/c1-2-22-8-5-13-15(11-22)25-17(19-13)20-16(24)14-6-9-23(21-14)12-4-3-7-18-10-12;/h6,9,12,18H,2-5,7-8,10-11H2,1H3,(H,19,20,24);1H. The topological polar surface area (TPSA) is 75.1 Å². The van der Waals surface area contributed by atoms with Crippen molar-refractivity contribution in [3.05, 3.63) is 28.5 Å². The molecule has 0 aliphatic carbocycles. The van der Waals surface area contributed by atoms with Gasteiger partial charge >= 0.3 is 0 Å². The van der Waals surface area contributed by atoms with E-state index < -0.39 is 0 Å². The van der Waals surface area contributed by atoms with E-state index in [2.05, 4.69) is 32.5 Å². The van der Waals surface area contributed by atoms with Crippen molar-refractivity contribution in [2.24, 2.45) is 0 Å². The molecule has 4 heterocycles. The molecule has 1 unspecified atom stereocenters. The minimum absolute atomic E-state index is 0. The lowest BCUT2D eigenvalue weighted by atomic mass is 10.1. The third-order valence-electron chi connectivity index (χ3n) is 4.96. The van der Waals surface area contributed by atoms with Crippen LogP contribution in [-0.4, -0.2) is 51.8 Å². The second-order valence-corrected chi connectivity index (χ2v) is 7.73. The zero-order chi connectivity index (χ0) is 17.2. The first kappa shape index (κ1) is 19.3. The number of fused-ring (bicyclic) bond motifs is 1. The van der Waals surface area contributed by atoms with E-state index in [9.17, 15) is 4.79 Å². The predicted molar refractivity (Wildman–Crippen MR) is 105 cm³/mol. The van der Waals surface area contributed by atoms with Gasteiger partial charge in [0.05, 0.1) is 11.7 Å². The maximum absolute atomic E-state index is 12.5. The van der Waals surface area contributed by atoms with Crippen LogP contribution in [0.5, 0.6) is 0 Å². The Kier molecular flexibility index (Phi) is 6.29. The quantitative estimate of drug-likeness (QED) is 0.829. The Morgan fingerprint density at radius 3 is 3.15 bits per heavy atom. The van der Waals surface area contributed by atoms with Gasteiger partial charge in [0.1, 0.15) is 0 Å². The first-order chi connectivity index (χ1) is 12.2. The summed E-state index contributed by atoms with van der Waals surface area (Å²) in [5.41, 5.74) is 1.58. The van der Waals surface area contributed by atoms with Gasteiger partial charge in [-0.3, -0.25) is 19.7 Å². The highest BCUT2D eigenvalue weighted by Crippen LogP contribution is 2.28. The van der Waals surface area contributed by atoms with Crippen LogP contribution in [0.15, 0.2) is 12.3 Å². The van der Waals surface area contributed by atoms with Crippen LogP contribution in [0.2, 0.25) is 0 Å². The van der Waals surface area contributed by atoms with Crippen molar-refractivity contribution in [1.82, 2.24) is 25.0 Å². The lowest BCUT2D eigenvalue weighted by molar-refractivity contribution is 0.102. The van der Waals surface area contributed by atoms with E-state index in [0.29, 0.717) is 16.9 Å². The second-order valence-electron chi connectivity index (χ2n) is 6.64. The molecule has 1 fully saturated rings. The number of likely N-dealkylation sites (N-methyl/N-ethyl adjacent to an activating group) is 1. The van der Waals surface area contributed by atoms with Crippen molar-refractivity contribution >= 4 is 34.8 Å². The second kappa shape index (κ2) is 8.47. The molecule has 142 valence electrons. The monoisotopic (exact) mass is 396 g/mol. The number of aromatic nitrogens is 3. The summed E-state index contributed by atoms with van der Waals surface area (Å²) in [4.78, 5) is 20.8. The minimum Gasteiger partial charge on any atom is -0.315 e. The molecule has 0 bridgehead atoms. The number of nitrogens with one attached hydrogen (secondary N) is 2. The summed E-state index contributed by atoms with van der Waals surface area (Å²) in [6.45, 7) is 7.17. The molecule has 0 spiro atoms.